The lowest BCUT2D eigenvalue weighted by molar-refractivity contribution is -0.133. The third-order valence-electron chi connectivity index (χ3n) is 6.86. The molecule has 0 bridgehead atoms. The minimum absolute atomic E-state index is 0.269. The van der Waals surface area contributed by atoms with Crippen molar-refractivity contribution in [2.75, 3.05) is 26.2 Å². The Kier molecular flexibility index (Phi) is 5.96. The van der Waals surface area contributed by atoms with E-state index in [0.717, 1.165) is 87.0 Å². The van der Waals surface area contributed by atoms with Crippen molar-refractivity contribution < 1.29 is 13.6 Å². The first-order valence-corrected chi connectivity index (χ1v) is 11.7. The number of benzene rings is 2. The highest BCUT2D eigenvalue weighted by Crippen LogP contribution is 2.34. The summed E-state index contributed by atoms with van der Waals surface area (Å²) in [4.78, 5) is 16.4. The standard InChI is InChI=1S/C26H29F2N3O/c27-19-10-11-23-20(17-19)21-18-29(13-5-6-15-30-14-4-3-9-26(30)32)16-12-24(21)31(23)25-8-2-1-7-22(25)28/h1-2,7-8,10-11,17H,3-6,9,12-16,18H2. The molecule has 0 saturated carbocycles. The molecule has 2 aliphatic rings. The van der Waals surface area contributed by atoms with E-state index < -0.39 is 0 Å². The Morgan fingerprint density at radius 2 is 1.75 bits per heavy atom. The van der Waals surface area contributed by atoms with Gasteiger partial charge < -0.3 is 9.47 Å². The summed E-state index contributed by atoms with van der Waals surface area (Å²) < 4.78 is 30.8. The molecule has 1 saturated heterocycles. The first kappa shape index (κ1) is 21.1. The number of para-hydroxylation sites is 1. The number of carbonyl (C=O) groups is 1. The molecule has 1 amide bonds. The number of fused-ring (bicyclic) bond motifs is 3. The van der Waals surface area contributed by atoms with Crippen LogP contribution in [-0.4, -0.2) is 46.5 Å². The van der Waals surface area contributed by atoms with Crippen molar-refractivity contribution >= 4 is 16.8 Å². The number of piperidine rings is 1. The second-order valence-corrected chi connectivity index (χ2v) is 8.94. The Morgan fingerprint density at radius 1 is 0.906 bits per heavy atom. The third kappa shape index (κ3) is 4.04. The lowest BCUT2D eigenvalue weighted by atomic mass is 10.0. The minimum Gasteiger partial charge on any atom is -0.343 e. The van der Waals surface area contributed by atoms with Gasteiger partial charge in [-0.15, -0.1) is 0 Å². The zero-order valence-corrected chi connectivity index (χ0v) is 18.3. The Labute approximate surface area is 187 Å². The number of unbranched alkanes of at least 4 members (excludes halogenated alkanes) is 1. The second kappa shape index (κ2) is 9.02. The molecule has 0 aliphatic carbocycles. The molecule has 6 heteroatoms. The fraction of sp³-hybridized carbons (Fsp3) is 0.423. The molecular formula is C26H29F2N3O. The van der Waals surface area contributed by atoms with Crippen LogP contribution in [0.4, 0.5) is 8.78 Å². The Bertz CT molecular complexity index is 1140. The molecule has 1 aromatic heterocycles. The molecule has 0 spiro atoms. The first-order valence-electron chi connectivity index (χ1n) is 11.7. The topological polar surface area (TPSA) is 28.5 Å². The molecule has 168 valence electrons. The van der Waals surface area contributed by atoms with Crippen LogP contribution in [0.1, 0.15) is 43.4 Å². The molecule has 2 aliphatic heterocycles. The minimum atomic E-state index is -0.272. The second-order valence-electron chi connectivity index (χ2n) is 8.94. The van der Waals surface area contributed by atoms with Crippen molar-refractivity contribution in [3.05, 3.63) is 65.4 Å². The predicted octanol–water partition coefficient (Wildman–Crippen LogP) is 5.06. The summed E-state index contributed by atoms with van der Waals surface area (Å²) in [6, 6.07) is 11.6. The van der Waals surface area contributed by atoms with Gasteiger partial charge in [0, 0.05) is 50.1 Å². The number of rotatable bonds is 6. The number of aromatic nitrogens is 1. The molecule has 4 nitrogen and oxygen atoms in total. The Balaban J connectivity index is 1.33. The molecule has 3 aromatic rings. The lowest BCUT2D eigenvalue weighted by Crippen LogP contribution is -2.36. The summed E-state index contributed by atoms with van der Waals surface area (Å²) in [5.41, 5.74) is 3.54. The van der Waals surface area contributed by atoms with E-state index >= 15 is 0 Å². The lowest BCUT2D eigenvalue weighted by Gasteiger charge is -2.29. The first-order chi connectivity index (χ1) is 15.6. The SMILES string of the molecule is O=C1CCCCN1CCCCN1CCc2c(c3cc(F)ccc3n2-c2ccccc2F)C1. The van der Waals surface area contributed by atoms with Gasteiger partial charge >= 0.3 is 0 Å². The van der Waals surface area contributed by atoms with E-state index in [1.165, 1.54) is 12.1 Å². The monoisotopic (exact) mass is 437 g/mol. The summed E-state index contributed by atoms with van der Waals surface area (Å²) in [7, 11) is 0. The fourth-order valence-electron chi connectivity index (χ4n) is 5.22. The molecule has 0 atom stereocenters. The van der Waals surface area contributed by atoms with Crippen LogP contribution in [0.5, 0.6) is 0 Å². The van der Waals surface area contributed by atoms with Crippen molar-refractivity contribution in [1.29, 1.82) is 0 Å². The quantitative estimate of drug-likeness (QED) is 0.505. The molecule has 0 radical (unpaired) electrons. The van der Waals surface area contributed by atoms with E-state index in [4.69, 9.17) is 0 Å². The van der Waals surface area contributed by atoms with Gasteiger partial charge in [-0.1, -0.05) is 12.1 Å². The van der Waals surface area contributed by atoms with Crippen molar-refractivity contribution in [3.8, 4) is 5.69 Å². The van der Waals surface area contributed by atoms with Gasteiger partial charge in [0.15, 0.2) is 0 Å². The van der Waals surface area contributed by atoms with Gasteiger partial charge in [0.25, 0.3) is 0 Å². The van der Waals surface area contributed by atoms with Crippen LogP contribution < -0.4 is 0 Å². The van der Waals surface area contributed by atoms with E-state index in [9.17, 15) is 13.6 Å². The average molecular weight is 438 g/mol. The molecule has 0 N–H and O–H groups in total. The summed E-state index contributed by atoms with van der Waals surface area (Å²) >= 11 is 0. The van der Waals surface area contributed by atoms with Crippen molar-refractivity contribution in [2.45, 2.75) is 45.1 Å². The maximum absolute atomic E-state index is 14.7. The number of nitrogens with zero attached hydrogens (tertiary/aromatic N) is 3. The van der Waals surface area contributed by atoms with Crippen molar-refractivity contribution in [1.82, 2.24) is 14.4 Å². The molecule has 32 heavy (non-hydrogen) atoms. The average Bonchev–Trinajstić information content (AvgIpc) is 3.11. The maximum Gasteiger partial charge on any atom is 0.222 e. The highest BCUT2D eigenvalue weighted by Gasteiger charge is 2.26. The number of halogens is 2. The maximum atomic E-state index is 14.7. The normalized spacial score (nSPS) is 17.2. The summed E-state index contributed by atoms with van der Waals surface area (Å²) in [6.45, 7) is 4.31. The van der Waals surface area contributed by atoms with E-state index in [-0.39, 0.29) is 11.6 Å². The largest absolute Gasteiger partial charge is 0.343 e. The van der Waals surface area contributed by atoms with Gasteiger partial charge in [-0.3, -0.25) is 9.69 Å². The van der Waals surface area contributed by atoms with Crippen LogP contribution >= 0.6 is 0 Å². The molecule has 5 rings (SSSR count). The molecule has 1 fully saturated rings. The highest BCUT2D eigenvalue weighted by atomic mass is 19.1. The van der Waals surface area contributed by atoms with Crippen molar-refractivity contribution in [3.63, 3.8) is 0 Å². The predicted molar refractivity (Wildman–Crippen MR) is 122 cm³/mol. The van der Waals surface area contributed by atoms with Crippen LogP contribution in [0, 0.1) is 11.6 Å². The van der Waals surface area contributed by atoms with Gasteiger partial charge in [0.1, 0.15) is 11.6 Å². The molecule has 2 aromatic carbocycles. The zero-order valence-electron chi connectivity index (χ0n) is 18.3. The van der Waals surface area contributed by atoms with Gasteiger partial charge in [-0.25, -0.2) is 8.78 Å². The molecule has 3 heterocycles. The van der Waals surface area contributed by atoms with Gasteiger partial charge in [-0.2, -0.15) is 0 Å². The highest BCUT2D eigenvalue weighted by molar-refractivity contribution is 5.87. The summed E-state index contributed by atoms with van der Waals surface area (Å²) in [6.07, 6.45) is 5.65. The zero-order chi connectivity index (χ0) is 22.1. The van der Waals surface area contributed by atoms with Crippen LogP contribution in [0.2, 0.25) is 0 Å². The third-order valence-corrected chi connectivity index (χ3v) is 6.86. The van der Waals surface area contributed by atoms with Gasteiger partial charge in [0.05, 0.1) is 11.2 Å². The van der Waals surface area contributed by atoms with Crippen LogP contribution in [0.15, 0.2) is 42.5 Å². The number of likely N-dealkylation sites (tertiary alicyclic amines) is 1. The number of hydrogen-bond donors (Lipinski definition) is 0. The van der Waals surface area contributed by atoms with Crippen LogP contribution in [0.3, 0.4) is 0 Å². The summed E-state index contributed by atoms with van der Waals surface area (Å²) in [5.74, 6) is -0.248. The van der Waals surface area contributed by atoms with Gasteiger partial charge in [0.2, 0.25) is 5.91 Å². The van der Waals surface area contributed by atoms with E-state index in [1.807, 2.05) is 15.5 Å². The summed E-state index contributed by atoms with van der Waals surface area (Å²) in [5, 5.41) is 0.867. The van der Waals surface area contributed by atoms with Crippen LogP contribution in [-0.2, 0) is 17.8 Å². The number of amides is 1. The smallest absolute Gasteiger partial charge is 0.222 e. The Morgan fingerprint density at radius 3 is 2.59 bits per heavy atom. The van der Waals surface area contributed by atoms with Crippen LogP contribution in [0.25, 0.3) is 16.6 Å². The Hall–Kier alpha value is -2.73. The molecule has 0 unspecified atom stereocenters. The number of hydrogen-bond acceptors (Lipinski definition) is 2. The fourth-order valence-corrected chi connectivity index (χ4v) is 5.22. The van der Waals surface area contributed by atoms with E-state index in [1.54, 1.807) is 24.3 Å². The number of carbonyl (C=O) groups excluding carboxylic acids is 1. The van der Waals surface area contributed by atoms with E-state index in [0.29, 0.717) is 18.0 Å². The molecular weight excluding hydrogens is 408 g/mol. The van der Waals surface area contributed by atoms with E-state index in [2.05, 4.69) is 4.90 Å². The van der Waals surface area contributed by atoms with Gasteiger partial charge in [-0.05, 0) is 68.1 Å². The van der Waals surface area contributed by atoms with Crippen molar-refractivity contribution in [2.24, 2.45) is 0 Å².